The molecule has 1 aromatic heterocycles. The molecule has 3 rings (SSSR count). The molecule has 2 atom stereocenters. The Kier molecular flexibility index (Phi) is 2.81. The Morgan fingerprint density at radius 2 is 2.22 bits per heavy atom. The van der Waals surface area contributed by atoms with Crippen molar-refractivity contribution in [1.82, 2.24) is 15.2 Å². The minimum absolute atomic E-state index is 0.273. The number of hydrogen-bond donors (Lipinski definition) is 2. The third-order valence-corrected chi connectivity index (χ3v) is 4.59. The highest BCUT2D eigenvalue weighted by Crippen LogP contribution is 2.47. The molecular weight excluding hydrogens is 226 g/mol. The standard InChI is InChI=1S/C13H23N5/c1-13(2)6-3-4-10(13)11-15-12(17-16-11)18-7-5-9(14)8-18/h9-10H,3-8,14H2,1-2H3,(H,15,16,17). The van der Waals surface area contributed by atoms with Gasteiger partial charge in [0.05, 0.1) is 0 Å². The van der Waals surface area contributed by atoms with E-state index in [0.717, 1.165) is 31.3 Å². The summed E-state index contributed by atoms with van der Waals surface area (Å²) in [5.41, 5.74) is 6.27. The zero-order valence-electron chi connectivity index (χ0n) is 11.3. The highest BCUT2D eigenvalue weighted by molar-refractivity contribution is 5.32. The summed E-state index contributed by atoms with van der Waals surface area (Å²) in [6, 6.07) is 0.273. The molecule has 0 aromatic carbocycles. The summed E-state index contributed by atoms with van der Waals surface area (Å²) in [6.07, 6.45) is 4.84. The fourth-order valence-corrected chi connectivity index (χ4v) is 3.36. The van der Waals surface area contributed by atoms with E-state index >= 15 is 0 Å². The van der Waals surface area contributed by atoms with Gasteiger partial charge in [0.15, 0.2) is 0 Å². The normalized spacial score (nSPS) is 31.2. The Morgan fingerprint density at radius 1 is 1.39 bits per heavy atom. The molecule has 18 heavy (non-hydrogen) atoms. The van der Waals surface area contributed by atoms with Gasteiger partial charge in [0.1, 0.15) is 5.82 Å². The number of nitrogens with two attached hydrogens (primary N) is 1. The van der Waals surface area contributed by atoms with Crippen molar-refractivity contribution in [1.29, 1.82) is 0 Å². The summed E-state index contributed by atoms with van der Waals surface area (Å²) < 4.78 is 0. The smallest absolute Gasteiger partial charge is 0.244 e. The van der Waals surface area contributed by atoms with Crippen molar-refractivity contribution in [3.8, 4) is 0 Å². The van der Waals surface area contributed by atoms with Gasteiger partial charge in [-0.25, -0.2) is 0 Å². The minimum atomic E-state index is 0.273. The SMILES string of the molecule is CC1(C)CCCC1c1nc(N2CCC(N)C2)n[nH]1. The molecule has 1 saturated heterocycles. The van der Waals surface area contributed by atoms with Crippen LogP contribution in [0.5, 0.6) is 0 Å². The van der Waals surface area contributed by atoms with Crippen molar-refractivity contribution in [3.63, 3.8) is 0 Å². The summed E-state index contributed by atoms with van der Waals surface area (Å²) >= 11 is 0. The third kappa shape index (κ3) is 2.00. The summed E-state index contributed by atoms with van der Waals surface area (Å²) in [7, 11) is 0. The van der Waals surface area contributed by atoms with Crippen molar-refractivity contribution in [3.05, 3.63) is 5.82 Å². The number of nitrogens with zero attached hydrogens (tertiary/aromatic N) is 3. The predicted molar refractivity (Wildman–Crippen MR) is 71.6 cm³/mol. The summed E-state index contributed by atoms with van der Waals surface area (Å²) in [5.74, 6) is 2.42. The molecule has 2 heterocycles. The van der Waals surface area contributed by atoms with E-state index in [1.807, 2.05) is 0 Å². The van der Waals surface area contributed by atoms with Crippen LogP contribution in [0.15, 0.2) is 0 Å². The van der Waals surface area contributed by atoms with Gasteiger partial charge >= 0.3 is 0 Å². The van der Waals surface area contributed by atoms with Crippen LogP contribution in [-0.2, 0) is 0 Å². The molecule has 5 heteroatoms. The van der Waals surface area contributed by atoms with Crippen LogP contribution in [0.1, 0.15) is 51.3 Å². The van der Waals surface area contributed by atoms with Crippen LogP contribution in [-0.4, -0.2) is 34.3 Å². The van der Waals surface area contributed by atoms with E-state index in [1.54, 1.807) is 0 Å². The second-order valence-electron chi connectivity index (χ2n) is 6.45. The van der Waals surface area contributed by atoms with E-state index in [-0.39, 0.29) is 6.04 Å². The summed E-state index contributed by atoms with van der Waals surface area (Å²) in [4.78, 5) is 6.90. The monoisotopic (exact) mass is 249 g/mol. The van der Waals surface area contributed by atoms with Crippen molar-refractivity contribution in [2.75, 3.05) is 18.0 Å². The second kappa shape index (κ2) is 4.23. The van der Waals surface area contributed by atoms with E-state index in [4.69, 9.17) is 10.7 Å². The average Bonchev–Trinajstić information content (AvgIpc) is 2.97. The predicted octanol–water partition coefficient (Wildman–Crippen LogP) is 1.64. The fraction of sp³-hybridized carbons (Fsp3) is 0.846. The fourth-order valence-electron chi connectivity index (χ4n) is 3.36. The highest BCUT2D eigenvalue weighted by Gasteiger charge is 2.38. The number of nitrogens with one attached hydrogen (secondary N) is 1. The first-order valence-corrected chi connectivity index (χ1v) is 6.99. The van der Waals surface area contributed by atoms with Crippen LogP contribution in [0.2, 0.25) is 0 Å². The maximum absolute atomic E-state index is 5.93. The topological polar surface area (TPSA) is 70.8 Å². The van der Waals surface area contributed by atoms with E-state index in [0.29, 0.717) is 11.3 Å². The molecular formula is C13H23N5. The van der Waals surface area contributed by atoms with Crippen molar-refractivity contribution >= 4 is 5.95 Å². The van der Waals surface area contributed by atoms with Gasteiger partial charge in [0.2, 0.25) is 5.95 Å². The Morgan fingerprint density at radius 3 is 2.83 bits per heavy atom. The van der Waals surface area contributed by atoms with Gasteiger partial charge in [-0.1, -0.05) is 20.3 Å². The highest BCUT2D eigenvalue weighted by atomic mass is 15.4. The van der Waals surface area contributed by atoms with Crippen LogP contribution >= 0.6 is 0 Å². The van der Waals surface area contributed by atoms with Gasteiger partial charge in [-0.05, 0) is 24.7 Å². The molecule has 0 radical (unpaired) electrons. The molecule has 0 spiro atoms. The molecule has 0 bridgehead atoms. The Balaban J connectivity index is 1.77. The Bertz CT molecular complexity index is 425. The lowest BCUT2D eigenvalue weighted by Gasteiger charge is -2.24. The summed E-state index contributed by atoms with van der Waals surface area (Å²) in [5, 5.41) is 7.53. The Labute approximate surface area is 108 Å². The lowest BCUT2D eigenvalue weighted by Crippen LogP contribution is -2.27. The molecule has 1 aromatic rings. The van der Waals surface area contributed by atoms with Gasteiger partial charge in [-0.2, -0.15) is 4.98 Å². The van der Waals surface area contributed by atoms with Gasteiger partial charge in [0.25, 0.3) is 0 Å². The lowest BCUT2D eigenvalue weighted by atomic mass is 9.81. The molecule has 100 valence electrons. The molecule has 1 saturated carbocycles. The van der Waals surface area contributed by atoms with Crippen molar-refractivity contribution in [2.45, 2.75) is 51.5 Å². The van der Waals surface area contributed by atoms with Gasteiger partial charge < -0.3 is 10.6 Å². The first kappa shape index (κ1) is 12.0. The maximum atomic E-state index is 5.93. The van der Waals surface area contributed by atoms with Crippen LogP contribution in [0.4, 0.5) is 5.95 Å². The first-order valence-electron chi connectivity index (χ1n) is 6.99. The number of hydrogen-bond acceptors (Lipinski definition) is 4. The van der Waals surface area contributed by atoms with E-state index in [9.17, 15) is 0 Å². The largest absolute Gasteiger partial charge is 0.338 e. The molecule has 1 aliphatic heterocycles. The van der Waals surface area contributed by atoms with Gasteiger partial charge in [-0.15, -0.1) is 5.10 Å². The van der Waals surface area contributed by atoms with E-state index in [2.05, 4.69) is 28.9 Å². The molecule has 2 unspecified atom stereocenters. The van der Waals surface area contributed by atoms with Gasteiger partial charge in [0, 0.05) is 25.0 Å². The minimum Gasteiger partial charge on any atom is -0.338 e. The first-order chi connectivity index (χ1) is 8.56. The molecule has 1 aliphatic carbocycles. The second-order valence-corrected chi connectivity index (χ2v) is 6.45. The van der Waals surface area contributed by atoms with E-state index < -0.39 is 0 Å². The quantitative estimate of drug-likeness (QED) is 0.836. The average molecular weight is 249 g/mol. The zero-order valence-corrected chi connectivity index (χ0v) is 11.3. The van der Waals surface area contributed by atoms with Crippen molar-refractivity contribution in [2.24, 2.45) is 11.1 Å². The van der Waals surface area contributed by atoms with Crippen LogP contribution < -0.4 is 10.6 Å². The molecule has 2 fully saturated rings. The zero-order chi connectivity index (χ0) is 12.8. The Hall–Kier alpha value is -1.10. The lowest BCUT2D eigenvalue weighted by molar-refractivity contribution is 0.322. The number of aromatic nitrogens is 3. The molecule has 2 aliphatic rings. The molecule has 5 nitrogen and oxygen atoms in total. The molecule has 0 amide bonds. The number of aromatic amines is 1. The maximum Gasteiger partial charge on any atom is 0.244 e. The van der Waals surface area contributed by atoms with Gasteiger partial charge in [-0.3, -0.25) is 5.10 Å². The number of anilines is 1. The van der Waals surface area contributed by atoms with Crippen LogP contribution in [0.3, 0.4) is 0 Å². The summed E-state index contributed by atoms with van der Waals surface area (Å²) in [6.45, 7) is 6.52. The van der Waals surface area contributed by atoms with E-state index in [1.165, 1.54) is 19.3 Å². The van der Waals surface area contributed by atoms with Crippen LogP contribution in [0.25, 0.3) is 0 Å². The third-order valence-electron chi connectivity index (χ3n) is 4.59. The number of H-pyrrole nitrogens is 1. The number of rotatable bonds is 2. The van der Waals surface area contributed by atoms with Crippen molar-refractivity contribution < 1.29 is 0 Å². The van der Waals surface area contributed by atoms with Crippen LogP contribution in [0, 0.1) is 5.41 Å². The molecule has 3 N–H and O–H groups in total.